The van der Waals surface area contributed by atoms with E-state index in [0.717, 1.165) is 0 Å². The first-order valence-corrected chi connectivity index (χ1v) is 2.86. The van der Waals surface area contributed by atoms with Gasteiger partial charge in [0, 0.05) is 0 Å². The predicted molar refractivity (Wildman–Crippen MR) is 31.6 cm³/mol. The highest BCUT2D eigenvalue weighted by molar-refractivity contribution is 4.58. The molecule has 0 amide bonds. The van der Waals surface area contributed by atoms with Crippen LogP contribution in [0.1, 0.15) is 19.6 Å². The second-order valence-electron chi connectivity index (χ2n) is 1.76. The van der Waals surface area contributed by atoms with Gasteiger partial charge in [-0.15, -0.1) is 0 Å². The van der Waals surface area contributed by atoms with Crippen LogP contribution in [0.15, 0.2) is 12.7 Å². The van der Waals surface area contributed by atoms with Crippen LogP contribution in [-0.2, 0) is 0 Å². The van der Waals surface area contributed by atoms with Gasteiger partial charge in [-0.1, -0.05) is 6.92 Å². The molecule has 4 nitrogen and oxygen atoms in total. The number of rotatable bonds is 2. The largest absolute Gasteiger partial charge is 0.372 e. The van der Waals surface area contributed by atoms with E-state index >= 15 is 0 Å². The fourth-order valence-electron chi connectivity index (χ4n) is 0.558. The fourth-order valence-corrected chi connectivity index (χ4v) is 0.558. The number of aliphatic hydroxyl groups excluding tert-OH is 1. The van der Waals surface area contributed by atoms with Crippen LogP contribution in [0.2, 0.25) is 0 Å². The standard InChI is InChI=1S/C5H9N3O/c1-2-5(9)8-4-6-3-7-8/h3-5,9H,2H2,1H3. The molecule has 4 heteroatoms. The minimum Gasteiger partial charge on any atom is -0.372 e. The van der Waals surface area contributed by atoms with Crippen molar-refractivity contribution in [3.63, 3.8) is 0 Å². The summed E-state index contributed by atoms with van der Waals surface area (Å²) in [5.74, 6) is 0. The van der Waals surface area contributed by atoms with Crippen LogP contribution in [0.5, 0.6) is 0 Å². The highest BCUT2D eigenvalue weighted by atomic mass is 16.3. The maximum Gasteiger partial charge on any atom is 0.148 e. The van der Waals surface area contributed by atoms with Crippen molar-refractivity contribution in [2.45, 2.75) is 19.6 Å². The average Bonchev–Trinajstić information content (AvgIpc) is 2.37. The van der Waals surface area contributed by atoms with Gasteiger partial charge in [-0.05, 0) is 6.42 Å². The van der Waals surface area contributed by atoms with Gasteiger partial charge in [-0.2, -0.15) is 5.10 Å². The van der Waals surface area contributed by atoms with E-state index in [0.29, 0.717) is 6.42 Å². The Morgan fingerprint density at radius 3 is 3.00 bits per heavy atom. The lowest BCUT2D eigenvalue weighted by atomic mass is 10.4. The molecule has 1 heterocycles. The lowest BCUT2D eigenvalue weighted by Crippen LogP contribution is -2.06. The van der Waals surface area contributed by atoms with Crippen LogP contribution in [0.4, 0.5) is 0 Å². The topological polar surface area (TPSA) is 50.9 Å². The maximum absolute atomic E-state index is 9.08. The zero-order valence-corrected chi connectivity index (χ0v) is 5.23. The summed E-state index contributed by atoms with van der Waals surface area (Å²) in [5.41, 5.74) is 0. The van der Waals surface area contributed by atoms with E-state index in [-0.39, 0.29) is 0 Å². The third-order valence-electron chi connectivity index (χ3n) is 1.11. The van der Waals surface area contributed by atoms with E-state index < -0.39 is 6.23 Å². The minimum atomic E-state index is -0.521. The maximum atomic E-state index is 9.08. The molecule has 1 unspecified atom stereocenters. The van der Waals surface area contributed by atoms with Crippen molar-refractivity contribution in [3.05, 3.63) is 12.7 Å². The number of aromatic nitrogens is 3. The van der Waals surface area contributed by atoms with Crippen LogP contribution < -0.4 is 0 Å². The molecular weight excluding hydrogens is 118 g/mol. The predicted octanol–water partition coefficient (Wildman–Crippen LogP) is 0.179. The molecule has 0 bridgehead atoms. The third kappa shape index (κ3) is 1.26. The zero-order valence-electron chi connectivity index (χ0n) is 5.23. The van der Waals surface area contributed by atoms with E-state index in [1.54, 1.807) is 0 Å². The van der Waals surface area contributed by atoms with Crippen molar-refractivity contribution in [2.24, 2.45) is 0 Å². The lowest BCUT2D eigenvalue weighted by molar-refractivity contribution is 0.0864. The van der Waals surface area contributed by atoms with Gasteiger partial charge >= 0.3 is 0 Å². The van der Waals surface area contributed by atoms with E-state index in [9.17, 15) is 0 Å². The Morgan fingerprint density at radius 2 is 2.56 bits per heavy atom. The van der Waals surface area contributed by atoms with E-state index in [4.69, 9.17) is 5.11 Å². The van der Waals surface area contributed by atoms with Crippen LogP contribution in [0.25, 0.3) is 0 Å². The monoisotopic (exact) mass is 127 g/mol. The molecule has 0 aliphatic carbocycles. The Kier molecular flexibility index (Phi) is 1.79. The smallest absolute Gasteiger partial charge is 0.148 e. The van der Waals surface area contributed by atoms with Crippen molar-refractivity contribution in [2.75, 3.05) is 0 Å². The minimum absolute atomic E-state index is 0.521. The number of hydrogen-bond acceptors (Lipinski definition) is 3. The summed E-state index contributed by atoms with van der Waals surface area (Å²) in [7, 11) is 0. The number of hydrogen-bond donors (Lipinski definition) is 1. The van der Waals surface area contributed by atoms with Crippen LogP contribution >= 0.6 is 0 Å². The van der Waals surface area contributed by atoms with Gasteiger partial charge in [-0.3, -0.25) is 0 Å². The van der Waals surface area contributed by atoms with Crippen molar-refractivity contribution < 1.29 is 5.11 Å². The molecule has 1 atom stereocenters. The molecule has 0 fully saturated rings. The lowest BCUT2D eigenvalue weighted by Gasteiger charge is -2.04. The van der Waals surface area contributed by atoms with Crippen LogP contribution in [0, 0.1) is 0 Å². The molecule has 0 aliphatic heterocycles. The fraction of sp³-hybridized carbons (Fsp3) is 0.600. The summed E-state index contributed by atoms with van der Waals surface area (Å²) in [6.45, 7) is 1.88. The summed E-state index contributed by atoms with van der Waals surface area (Å²) in [4.78, 5) is 3.68. The summed E-state index contributed by atoms with van der Waals surface area (Å²) in [6, 6.07) is 0. The highest BCUT2D eigenvalue weighted by Crippen LogP contribution is 2.01. The highest BCUT2D eigenvalue weighted by Gasteiger charge is 2.00. The number of nitrogens with zero attached hydrogens (tertiary/aromatic N) is 3. The Bertz CT molecular complexity index is 161. The van der Waals surface area contributed by atoms with E-state index in [1.165, 1.54) is 17.3 Å². The summed E-state index contributed by atoms with van der Waals surface area (Å²) < 4.78 is 1.42. The van der Waals surface area contributed by atoms with Gasteiger partial charge in [0.25, 0.3) is 0 Å². The summed E-state index contributed by atoms with van der Waals surface area (Å²) in [5, 5.41) is 12.8. The van der Waals surface area contributed by atoms with Gasteiger partial charge < -0.3 is 5.11 Å². The molecule has 1 N–H and O–H groups in total. The Balaban J connectivity index is 2.65. The molecule has 1 aromatic heterocycles. The molecule has 1 rings (SSSR count). The Morgan fingerprint density at radius 1 is 1.78 bits per heavy atom. The summed E-state index contributed by atoms with van der Waals surface area (Å²) >= 11 is 0. The van der Waals surface area contributed by atoms with E-state index in [2.05, 4.69) is 10.1 Å². The molecule has 0 radical (unpaired) electrons. The molecular formula is C5H9N3O. The first kappa shape index (κ1) is 6.22. The first-order chi connectivity index (χ1) is 4.34. The number of aliphatic hydroxyl groups is 1. The Hall–Kier alpha value is -0.900. The average molecular weight is 127 g/mol. The quantitative estimate of drug-likeness (QED) is 0.616. The van der Waals surface area contributed by atoms with Gasteiger partial charge in [0.2, 0.25) is 0 Å². The van der Waals surface area contributed by atoms with Gasteiger partial charge in [0.15, 0.2) is 0 Å². The van der Waals surface area contributed by atoms with Crippen molar-refractivity contribution in [1.29, 1.82) is 0 Å². The SMILES string of the molecule is CCC(O)n1cncn1. The molecule has 0 spiro atoms. The van der Waals surface area contributed by atoms with Crippen LogP contribution in [0.3, 0.4) is 0 Å². The zero-order chi connectivity index (χ0) is 6.69. The molecule has 0 saturated heterocycles. The Labute approximate surface area is 53.1 Å². The first-order valence-electron chi connectivity index (χ1n) is 2.86. The van der Waals surface area contributed by atoms with Crippen molar-refractivity contribution in [3.8, 4) is 0 Å². The second-order valence-corrected chi connectivity index (χ2v) is 1.76. The second kappa shape index (κ2) is 2.59. The molecule has 0 aliphatic rings. The van der Waals surface area contributed by atoms with Crippen molar-refractivity contribution in [1.82, 2.24) is 14.8 Å². The van der Waals surface area contributed by atoms with Crippen molar-refractivity contribution >= 4 is 0 Å². The van der Waals surface area contributed by atoms with Gasteiger partial charge in [0.1, 0.15) is 18.9 Å². The van der Waals surface area contributed by atoms with Crippen LogP contribution in [-0.4, -0.2) is 19.9 Å². The summed E-state index contributed by atoms with van der Waals surface area (Å²) in [6.07, 6.45) is 3.03. The molecule has 1 aromatic rings. The molecule has 9 heavy (non-hydrogen) atoms. The third-order valence-corrected chi connectivity index (χ3v) is 1.11. The normalized spacial score (nSPS) is 13.6. The molecule has 50 valence electrons. The molecule has 0 saturated carbocycles. The molecule has 0 aromatic carbocycles. The van der Waals surface area contributed by atoms with Gasteiger partial charge in [0.05, 0.1) is 0 Å². The van der Waals surface area contributed by atoms with Gasteiger partial charge in [-0.25, -0.2) is 9.67 Å². The van der Waals surface area contributed by atoms with E-state index in [1.807, 2.05) is 6.92 Å².